The van der Waals surface area contributed by atoms with Crippen molar-refractivity contribution in [1.82, 2.24) is 0 Å². The molecule has 1 saturated carbocycles. The number of esters is 1. The van der Waals surface area contributed by atoms with Gasteiger partial charge in [-0.15, -0.1) is 11.8 Å². The van der Waals surface area contributed by atoms with E-state index in [2.05, 4.69) is 0 Å². The molecule has 0 unspecified atom stereocenters. The number of benzene rings is 2. The summed E-state index contributed by atoms with van der Waals surface area (Å²) in [7, 11) is 0. The third-order valence-corrected chi connectivity index (χ3v) is 6.81. The predicted octanol–water partition coefficient (Wildman–Crippen LogP) is 4.11. The number of nitrogens with zero attached hydrogens (tertiary/aromatic N) is 1. The monoisotopic (exact) mass is 411 g/mol. The standard InChI is InChI=1S/C23H25NO4S/c25-21(15-28-22(26)23(27)13-7-2-8-14-23)24-18-11-5-6-12-20(18)29-16-19(24)17-9-3-1-4-10-17/h1,3-6,9-12,19,27H,2,7-8,13-16H2/t19-/m0/s1. The van der Waals surface area contributed by atoms with Gasteiger partial charge in [-0.2, -0.15) is 0 Å². The van der Waals surface area contributed by atoms with Gasteiger partial charge in [0.2, 0.25) is 0 Å². The highest BCUT2D eigenvalue weighted by Crippen LogP contribution is 2.43. The van der Waals surface area contributed by atoms with E-state index in [1.807, 2.05) is 54.6 Å². The lowest BCUT2D eigenvalue weighted by atomic mass is 9.85. The largest absolute Gasteiger partial charge is 0.453 e. The Labute approximate surface area is 175 Å². The number of fused-ring (bicyclic) bond motifs is 1. The van der Waals surface area contributed by atoms with E-state index in [0.29, 0.717) is 12.8 Å². The molecule has 152 valence electrons. The van der Waals surface area contributed by atoms with Gasteiger partial charge in [0.05, 0.1) is 11.7 Å². The van der Waals surface area contributed by atoms with E-state index in [1.54, 1.807) is 16.7 Å². The van der Waals surface area contributed by atoms with Gasteiger partial charge >= 0.3 is 5.97 Å². The molecule has 0 aromatic heterocycles. The number of carbonyl (C=O) groups excluding carboxylic acids is 2. The first-order valence-corrected chi connectivity index (χ1v) is 11.1. The molecule has 2 aliphatic rings. The van der Waals surface area contributed by atoms with Crippen molar-refractivity contribution in [3.63, 3.8) is 0 Å². The first kappa shape index (κ1) is 20.0. The fraction of sp³-hybridized carbons (Fsp3) is 0.391. The van der Waals surface area contributed by atoms with E-state index in [0.717, 1.165) is 41.2 Å². The molecule has 1 atom stereocenters. The van der Waals surface area contributed by atoms with E-state index in [-0.39, 0.29) is 18.6 Å². The molecule has 6 heteroatoms. The molecule has 1 aliphatic heterocycles. The molecule has 0 saturated heterocycles. The molecule has 1 fully saturated rings. The molecule has 1 amide bonds. The minimum atomic E-state index is -1.45. The average molecular weight is 412 g/mol. The Morgan fingerprint density at radius 2 is 1.72 bits per heavy atom. The number of aliphatic hydroxyl groups is 1. The van der Waals surface area contributed by atoms with Crippen LogP contribution in [0, 0.1) is 0 Å². The number of para-hydroxylation sites is 1. The summed E-state index contributed by atoms with van der Waals surface area (Å²) in [4.78, 5) is 28.4. The zero-order valence-corrected chi connectivity index (χ0v) is 17.1. The highest BCUT2D eigenvalue weighted by molar-refractivity contribution is 7.99. The van der Waals surface area contributed by atoms with E-state index >= 15 is 0 Å². The first-order valence-electron chi connectivity index (χ1n) is 10.1. The van der Waals surface area contributed by atoms with Crippen molar-refractivity contribution < 1.29 is 19.4 Å². The van der Waals surface area contributed by atoms with Crippen LogP contribution >= 0.6 is 11.8 Å². The van der Waals surface area contributed by atoms with Crippen LogP contribution in [0.4, 0.5) is 5.69 Å². The van der Waals surface area contributed by atoms with Crippen molar-refractivity contribution in [3.05, 3.63) is 60.2 Å². The third-order valence-electron chi connectivity index (χ3n) is 5.67. The van der Waals surface area contributed by atoms with Crippen LogP contribution in [0.15, 0.2) is 59.5 Å². The van der Waals surface area contributed by atoms with Gasteiger partial charge in [0, 0.05) is 10.6 Å². The number of thioether (sulfide) groups is 1. The van der Waals surface area contributed by atoms with Gasteiger partial charge < -0.3 is 9.84 Å². The van der Waals surface area contributed by atoms with Crippen molar-refractivity contribution in [3.8, 4) is 0 Å². The van der Waals surface area contributed by atoms with Crippen molar-refractivity contribution in [2.75, 3.05) is 17.3 Å². The van der Waals surface area contributed by atoms with Crippen LogP contribution in [-0.2, 0) is 14.3 Å². The molecule has 0 spiro atoms. The highest BCUT2D eigenvalue weighted by Gasteiger charge is 2.40. The minimum absolute atomic E-state index is 0.139. The molecular weight excluding hydrogens is 386 g/mol. The van der Waals surface area contributed by atoms with E-state index < -0.39 is 11.6 Å². The van der Waals surface area contributed by atoms with Crippen molar-refractivity contribution in [2.45, 2.75) is 48.6 Å². The maximum atomic E-state index is 13.2. The van der Waals surface area contributed by atoms with Crippen LogP contribution in [0.5, 0.6) is 0 Å². The Bertz CT molecular complexity index is 879. The SMILES string of the molecule is O=C(COC(=O)C1(O)CCCCC1)N1c2ccccc2SC[C@H]1c1ccccc1. The van der Waals surface area contributed by atoms with Gasteiger partial charge in [-0.1, -0.05) is 48.9 Å². The Morgan fingerprint density at radius 3 is 2.48 bits per heavy atom. The summed E-state index contributed by atoms with van der Waals surface area (Å²) in [6.45, 7) is -0.372. The average Bonchev–Trinajstić information content (AvgIpc) is 2.77. The van der Waals surface area contributed by atoms with E-state index in [1.165, 1.54) is 0 Å². The number of hydrogen-bond donors (Lipinski definition) is 1. The number of hydrogen-bond acceptors (Lipinski definition) is 5. The molecule has 0 bridgehead atoms. The van der Waals surface area contributed by atoms with Gasteiger partial charge in [0.25, 0.3) is 5.91 Å². The zero-order chi connectivity index (χ0) is 20.3. The lowest BCUT2D eigenvalue weighted by Gasteiger charge is -2.37. The topological polar surface area (TPSA) is 66.8 Å². The molecule has 29 heavy (non-hydrogen) atoms. The van der Waals surface area contributed by atoms with Gasteiger partial charge in [0.1, 0.15) is 0 Å². The summed E-state index contributed by atoms with van der Waals surface area (Å²) in [5.41, 5.74) is 0.419. The maximum absolute atomic E-state index is 13.2. The quantitative estimate of drug-likeness (QED) is 0.767. The van der Waals surface area contributed by atoms with Gasteiger partial charge in [0.15, 0.2) is 12.2 Å². The summed E-state index contributed by atoms with van der Waals surface area (Å²) in [5.74, 6) is -0.231. The minimum Gasteiger partial charge on any atom is -0.453 e. The maximum Gasteiger partial charge on any atom is 0.338 e. The van der Waals surface area contributed by atoms with E-state index in [4.69, 9.17) is 4.74 Å². The molecule has 1 heterocycles. The lowest BCUT2D eigenvalue weighted by Crippen LogP contribution is -2.45. The fourth-order valence-electron chi connectivity index (χ4n) is 4.09. The summed E-state index contributed by atoms with van der Waals surface area (Å²) in [6, 6.07) is 17.5. The summed E-state index contributed by atoms with van der Waals surface area (Å²) < 4.78 is 5.31. The van der Waals surface area contributed by atoms with Crippen LogP contribution in [0.2, 0.25) is 0 Å². The highest BCUT2D eigenvalue weighted by atomic mass is 32.2. The first-order chi connectivity index (χ1) is 14.1. The molecule has 5 nitrogen and oxygen atoms in total. The summed E-state index contributed by atoms with van der Waals surface area (Å²) >= 11 is 1.72. The van der Waals surface area contributed by atoms with Crippen LogP contribution in [0.1, 0.15) is 43.7 Å². The lowest BCUT2D eigenvalue weighted by molar-refractivity contribution is -0.170. The molecular formula is C23H25NO4S. The van der Waals surface area contributed by atoms with Gasteiger partial charge in [-0.25, -0.2) is 4.79 Å². The molecule has 2 aromatic carbocycles. The van der Waals surface area contributed by atoms with Crippen LogP contribution < -0.4 is 4.90 Å². The Morgan fingerprint density at radius 1 is 1.03 bits per heavy atom. The number of anilines is 1. The second-order valence-electron chi connectivity index (χ2n) is 7.64. The number of carbonyl (C=O) groups is 2. The van der Waals surface area contributed by atoms with Crippen LogP contribution in [0.25, 0.3) is 0 Å². The second-order valence-corrected chi connectivity index (χ2v) is 8.70. The Balaban J connectivity index is 1.54. The van der Waals surface area contributed by atoms with Gasteiger partial charge in [-0.3, -0.25) is 9.69 Å². The molecule has 4 rings (SSSR count). The number of rotatable bonds is 4. The third kappa shape index (κ3) is 4.19. The smallest absolute Gasteiger partial charge is 0.338 e. The number of ether oxygens (including phenoxy) is 1. The summed E-state index contributed by atoms with van der Waals surface area (Å²) in [5, 5.41) is 10.5. The normalized spacial score (nSPS) is 20.6. The Hall–Kier alpha value is -2.31. The van der Waals surface area contributed by atoms with Crippen molar-refractivity contribution in [1.29, 1.82) is 0 Å². The summed E-state index contributed by atoms with van der Waals surface area (Å²) in [6.07, 6.45) is 3.40. The fourth-order valence-corrected chi connectivity index (χ4v) is 5.26. The molecule has 0 radical (unpaired) electrons. The second kappa shape index (κ2) is 8.59. The number of amides is 1. The van der Waals surface area contributed by atoms with Crippen molar-refractivity contribution >= 4 is 29.3 Å². The van der Waals surface area contributed by atoms with Crippen molar-refractivity contribution in [2.24, 2.45) is 0 Å². The molecule has 2 aromatic rings. The molecule has 1 N–H and O–H groups in total. The van der Waals surface area contributed by atoms with Crippen LogP contribution in [0.3, 0.4) is 0 Å². The Kier molecular flexibility index (Phi) is 5.92. The van der Waals surface area contributed by atoms with E-state index in [9.17, 15) is 14.7 Å². The zero-order valence-electron chi connectivity index (χ0n) is 16.3. The van der Waals surface area contributed by atoms with Gasteiger partial charge in [-0.05, 0) is 43.4 Å². The molecule has 1 aliphatic carbocycles. The van der Waals surface area contributed by atoms with Crippen LogP contribution in [-0.4, -0.2) is 34.9 Å². The predicted molar refractivity (Wildman–Crippen MR) is 113 cm³/mol.